The number of aromatic nitrogens is 5. The van der Waals surface area contributed by atoms with Gasteiger partial charge in [0, 0.05) is 42.6 Å². The van der Waals surface area contributed by atoms with Crippen LogP contribution < -0.4 is 10.2 Å². The minimum Gasteiger partial charge on any atom is -0.386 e. The lowest BCUT2D eigenvalue weighted by Crippen LogP contribution is -2.61. The number of hydrogen-bond donors (Lipinski definition) is 2. The van der Waals surface area contributed by atoms with E-state index < -0.39 is 30.3 Å². The predicted octanol–water partition coefficient (Wildman–Crippen LogP) is 4.93. The number of halogens is 3. The molecular formula is C26H27F3N8O2S2. The van der Waals surface area contributed by atoms with E-state index in [0.717, 1.165) is 26.2 Å². The third kappa shape index (κ3) is 6.31. The maximum absolute atomic E-state index is 14.1. The Kier molecular flexibility index (Phi) is 7.70. The first-order valence-corrected chi connectivity index (χ1v) is 14.3. The summed E-state index contributed by atoms with van der Waals surface area (Å²) >= 11 is 2.94. The van der Waals surface area contributed by atoms with Gasteiger partial charge in [-0.15, -0.1) is 22.7 Å². The van der Waals surface area contributed by atoms with Crippen molar-refractivity contribution in [2.45, 2.75) is 45.5 Å². The molecule has 0 spiro atoms. The zero-order chi connectivity index (χ0) is 29.5. The molecule has 216 valence electrons. The molecule has 0 saturated carbocycles. The van der Waals surface area contributed by atoms with Crippen LogP contribution in [0.15, 0.2) is 36.1 Å². The topological polar surface area (TPSA) is 120 Å². The van der Waals surface area contributed by atoms with Gasteiger partial charge in [-0.2, -0.15) is 13.2 Å². The summed E-state index contributed by atoms with van der Waals surface area (Å²) in [4.78, 5) is 37.9. The Labute approximate surface area is 242 Å². The van der Waals surface area contributed by atoms with Crippen LogP contribution in [0.3, 0.4) is 0 Å². The highest BCUT2D eigenvalue weighted by Gasteiger charge is 2.49. The molecule has 1 saturated heterocycles. The Hall–Kier alpha value is -3.69. The standard InChI is InChI=1S/C26H27F3N8O2S2/c1-14-21(41-15(2)33-14)18-13-40-24(34-18)35-20-6-5-16(9-30-20)22(38)37-8-7-36(12-19(37)26(27,28)29)23-31-10-17(11-32-23)25(3,4)39/h5-6,9-11,13,19,39H,7-8,12H2,1-4H3,(H,30,34,35). The number of amides is 1. The van der Waals surface area contributed by atoms with Crippen LogP contribution in [0.1, 0.15) is 40.5 Å². The highest BCUT2D eigenvalue weighted by atomic mass is 32.1. The SMILES string of the molecule is Cc1nc(C)c(-c2csc(Nc3ccc(C(=O)N4CCN(c5ncc(C(C)(C)O)cn5)CC4C(F)(F)F)cn3)n2)s1. The Morgan fingerprint density at radius 1 is 1.07 bits per heavy atom. The number of piperazine rings is 1. The number of nitrogens with zero attached hydrogens (tertiary/aromatic N) is 7. The van der Waals surface area contributed by atoms with E-state index in [1.807, 2.05) is 19.2 Å². The van der Waals surface area contributed by atoms with Gasteiger partial charge in [-0.05, 0) is 39.8 Å². The second-order valence-corrected chi connectivity index (χ2v) is 12.1. The van der Waals surface area contributed by atoms with E-state index in [-0.39, 0.29) is 24.6 Å². The van der Waals surface area contributed by atoms with Crippen molar-refractivity contribution in [1.82, 2.24) is 29.8 Å². The molecule has 1 aliphatic rings. The van der Waals surface area contributed by atoms with Crippen molar-refractivity contribution in [3.63, 3.8) is 0 Å². The van der Waals surface area contributed by atoms with Crippen LogP contribution in [-0.2, 0) is 5.60 Å². The fourth-order valence-electron chi connectivity index (χ4n) is 4.36. The lowest BCUT2D eigenvalue weighted by atomic mass is 10.0. The molecule has 10 nitrogen and oxygen atoms in total. The third-order valence-corrected chi connectivity index (χ3v) is 8.39. The minimum atomic E-state index is -4.67. The number of rotatable bonds is 6. The van der Waals surface area contributed by atoms with Gasteiger partial charge in [0.15, 0.2) is 5.13 Å². The summed E-state index contributed by atoms with van der Waals surface area (Å²) < 4.78 is 42.3. The van der Waals surface area contributed by atoms with Crippen molar-refractivity contribution in [2.24, 2.45) is 0 Å². The smallest absolute Gasteiger partial charge is 0.386 e. The number of alkyl halides is 3. The number of aryl methyl sites for hydroxylation is 2. The number of pyridine rings is 1. The normalized spacial score (nSPS) is 16.2. The molecule has 1 amide bonds. The van der Waals surface area contributed by atoms with Crippen LogP contribution in [0.4, 0.5) is 30.1 Å². The second-order valence-electron chi connectivity index (χ2n) is 10.1. The zero-order valence-corrected chi connectivity index (χ0v) is 24.2. The molecule has 5 rings (SSSR count). The molecule has 15 heteroatoms. The molecule has 0 radical (unpaired) electrons. The summed E-state index contributed by atoms with van der Waals surface area (Å²) in [5.41, 5.74) is 0.997. The summed E-state index contributed by atoms with van der Waals surface area (Å²) in [7, 11) is 0. The van der Waals surface area contributed by atoms with Gasteiger partial charge in [0.05, 0.1) is 39.0 Å². The Morgan fingerprint density at radius 3 is 2.39 bits per heavy atom. The van der Waals surface area contributed by atoms with E-state index in [1.54, 1.807) is 25.2 Å². The molecule has 1 atom stereocenters. The lowest BCUT2D eigenvalue weighted by molar-refractivity contribution is -0.177. The van der Waals surface area contributed by atoms with Crippen molar-refractivity contribution in [3.8, 4) is 10.6 Å². The Bertz CT molecular complexity index is 1530. The molecule has 1 fully saturated rings. The van der Waals surface area contributed by atoms with E-state index in [0.29, 0.717) is 16.5 Å². The largest absolute Gasteiger partial charge is 0.410 e. The van der Waals surface area contributed by atoms with Gasteiger partial charge in [0.1, 0.15) is 11.9 Å². The van der Waals surface area contributed by atoms with Gasteiger partial charge >= 0.3 is 6.18 Å². The number of carbonyl (C=O) groups excluding carboxylic acids is 1. The fourth-order valence-corrected chi connectivity index (χ4v) is 6.03. The van der Waals surface area contributed by atoms with Crippen LogP contribution in [0.5, 0.6) is 0 Å². The van der Waals surface area contributed by atoms with Gasteiger partial charge in [0.25, 0.3) is 5.91 Å². The number of anilines is 3. The summed E-state index contributed by atoms with van der Waals surface area (Å²) in [6.45, 7) is 6.39. The van der Waals surface area contributed by atoms with E-state index in [2.05, 4.69) is 30.2 Å². The van der Waals surface area contributed by atoms with Crippen LogP contribution in [0, 0.1) is 13.8 Å². The van der Waals surface area contributed by atoms with Gasteiger partial charge in [-0.1, -0.05) is 0 Å². The molecule has 1 unspecified atom stereocenters. The molecule has 4 aromatic rings. The monoisotopic (exact) mass is 604 g/mol. The number of thiazole rings is 2. The van der Waals surface area contributed by atoms with Crippen LogP contribution in [0.2, 0.25) is 0 Å². The average Bonchev–Trinajstić information content (AvgIpc) is 3.52. The molecule has 41 heavy (non-hydrogen) atoms. The van der Waals surface area contributed by atoms with Crippen LogP contribution >= 0.6 is 22.7 Å². The highest BCUT2D eigenvalue weighted by molar-refractivity contribution is 7.16. The maximum atomic E-state index is 14.1. The zero-order valence-electron chi connectivity index (χ0n) is 22.6. The predicted molar refractivity (Wildman–Crippen MR) is 151 cm³/mol. The molecule has 1 aliphatic heterocycles. The summed E-state index contributed by atoms with van der Waals surface area (Å²) in [6.07, 6.45) is -0.642. The molecule has 0 bridgehead atoms. The molecule has 2 N–H and O–H groups in total. The molecular weight excluding hydrogens is 577 g/mol. The lowest BCUT2D eigenvalue weighted by Gasteiger charge is -2.42. The average molecular weight is 605 g/mol. The Balaban J connectivity index is 1.27. The first kappa shape index (κ1) is 28.8. The quantitative estimate of drug-likeness (QED) is 0.316. The van der Waals surface area contributed by atoms with Crippen molar-refractivity contribution < 1.29 is 23.1 Å². The van der Waals surface area contributed by atoms with Crippen molar-refractivity contribution in [2.75, 3.05) is 29.9 Å². The molecule has 0 aliphatic carbocycles. The third-order valence-electron chi connectivity index (χ3n) is 6.53. The van der Waals surface area contributed by atoms with E-state index in [9.17, 15) is 23.1 Å². The summed E-state index contributed by atoms with van der Waals surface area (Å²) in [5, 5.41) is 16.6. The fraction of sp³-hybridized carbons (Fsp3) is 0.385. The van der Waals surface area contributed by atoms with Crippen molar-refractivity contribution >= 4 is 45.5 Å². The van der Waals surface area contributed by atoms with Crippen LogP contribution in [-0.4, -0.2) is 72.7 Å². The maximum Gasteiger partial charge on any atom is 0.410 e. The van der Waals surface area contributed by atoms with Crippen LogP contribution in [0.25, 0.3) is 10.6 Å². The second kappa shape index (κ2) is 10.9. The van der Waals surface area contributed by atoms with Gasteiger partial charge in [0.2, 0.25) is 5.95 Å². The van der Waals surface area contributed by atoms with Gasteiger partial charge in [-0.25, -0.2) is 24.9 Å². The first-order valence-electron chi connectivity index (χ1n) is 12.6. The number of aliphatic hydroxyl groups is 1. The van der Waals surface area contributed by atoms with Crippen molar-refractivity contribution in [3.05, 3.63) is 57.9 Å². The number of nitrogens with one attached hydrogen (secondary N) is 1. The van der Waals surface area contributed by atoms with Gasteiger partial charge in [-0.3, -0.25) is 4.79 Å². The highest BCUT2D eigenvalue weighted by Crippen LogP contribution is 2.33. The summed E-state index contributed by atoms with van der Waals surface area (Å²) in [6, 6.07) is 0.917. The van der Waals surface area contributed by atoms with E-state index in [4.69, 9.17) is 0 Å². The van der Waals surface area contributed by atoms with E-state index >= 15 is 0 Å². The molecule has 4 aromatic heterocycles. The Morgan fingerprint density at radius 2 is 1.80 bits per heavy atom. The molecule has 0 aromatic carbocycles. The minimum absolute atomic E-state index is 0.0413. The van der Waals surface area contributed by atoms with Gasteiger partial charge < -0.3 is 20.2 Å². The summed E-state index contributed by atoms with van der Waals surface area (Å²) in [5.74, 6) is -0.261. The van der Waals surface area contributed by atoms with Crippen molar-refractivity contribution in [1.29, 1.82) is 0 Å². The first-order chi connectivity index (χ1) is 19.3. The number of carbonyl (C=O) groups is 1. The van der Waals surface area contributed by atoms with E-state index in [1.165, 1.54) is 47.0 Å². The molecule has 5 heterocycles. The number of hydrogen-bond acceptors (Lipinski definition) is 11.